The summed E-state index contributed by atoms with van der Waals surface area (Å²) >= 11 is 0. The average Bonchev–Trinajstić information content (AvgIpc) is 2.78. The van der Waals surface area contributed by atoms with E-state index >= 15 is 0 Å². The summed E-state index contributed by atoms with van der Waals surface area (Å²) in [6.45, 7) is 10.6. The zero-order chi connectivity index (χ0) is 25.6. The molecule has 9 heteroatoms. The van der Waals surface area contributed by atoms with Crippen LogP contribution in [-0.2, 0) is 9.53 Å². The molecular formula is C25H33F2N3O4. The van der Waals surface area contributed by atoms with Gasteiger partial charge in [-0.3, -0.25) is 14.7 Å². The van der Waals surface area contributed by atoms with E-state index in [2.05, 4.69) is 4.98 Å². The Hall–Kier alpha value is -3.07. The van der Waals surface area contributed by atoms with Crippen molar-refractivity contribution in [3.63, 3.8) is 0 Å². The first-order chi connectivity index (χ1) is 16.0. The number of hydrogen-bond donors (Lipinski definition) is 0. The standard InChI is InChI=1S/C23H27F2N3O4.C2H6/c1-23(2,3)32-22(30)15-7-6-14(28-9-8-27(4)13-20(28)29)10-16(15)17-11-18(21(24)25)26-12-19(17)31-5;1-2/h6-7,10-12,21H,8-9,13H2,1-5H3;1-2H3. The van der Waals surface area contributed by atoms with Gasteiger partial charge in [-0.25, -0.2) is 13.6 Å². The molecule has 1 amide bonds. The van der Waals surface area contributed by atoms with Crippen molar-refractivity contribution >= 4 is 17.6 Å². The highest BCUT2D eigenvalue weighted by molar-refractivity contribution is 6.01. The number of benzene rings is 1. The van der Waals surface area contributed by atoms with Crippen LogP contribution in [-0.4, -0.2) is 61.2 Å². The fourth-order valence-electron chi connectivity index (χ4n) is 3.45. The number of esters is 1. The van der Waals surface area contributed by atoms with E-state index in [0.717, 1.165) is 0 Å². The molecular weight excluding hydrogens is 444 g/mol. The summed E-state index contributed by atoms with van der Waals surface area (Å²) < 4.78 is 37.6. The molecule has 1 aliphatic rings. The second-order valence-corrected chi connectivity index (χ2v) is 8.63. The summed E-state index contributed by atoms with van der Waals surface area (Å²) in [5.41, 5.74) is 0.123. The molecule has 1 aromatic carbocycles. The van der Waals surface area contributed by atoms with Gasteiger partial charge in [0, 0.05) is 29.9 Å². The molecule has 0 bridgehead atoms. The van der Waals surface area contributed by atoms with Crippen LogP contribution >= 0.6 is 0 Å². The third kappa shape index (κ3) is 6.50. The van der Waals surface area contributed by atoms with Gasteiger partial charge in [0.25, 0.3) is 6.43 Å². The third-order valence-corrected chi connectivity index (χ3v) is 4.97. The van der Waals surface area contributed by atoms with E-state index in [4.69, 9.17) is 9.47 Å². The van der Waals surface area contributed by atoms with E-state index in [1.165, 1.54) is 19.4 Å². The number of ether oxygens (including phenoxy) is 2. The molecule has 0 aliphatic carbocycles. The van der Waals surface area contributed by atoms with Crippen LogP contribution in [0.4, 0.5) is 14.5 Å². The smallest absolute Gasteiger partial charge is 0.339 e. The van der Waals surface area contributed by atoms with Crippen molar-refractivity contribution in [2.75, 3.05) is 38.7 Å². The number of likely N-dealkylation sites (N-methyl/N-ethyl adjacent to an activating group) is 1. The molecule has 2 aromatic rings. The number of carbonyl (C=O) groups is 2. The molecule has 0 unspecified atom stereocenters. The number of anilines is 1. The number of carbonyl (C=O) groups excluding carboxylic acids is 2. The number of hydrogen-bond acceptors (Lipinski definition) is 6. The minimum atomic E-state index is -2.80. The van der Waals surface area contributed by atoms with Crippen LogP contribution in [0.5, 0.6) is 5.75 Å². The number of methoxy groups -OCH3 is 1. The second kappa shape index (κ2) is 11.4. The molecule has 2 heterocycles. The number of alkyl halides is 2. The van der Waals surface area contributed by atoms with Crippen LogP contribution in [0.1, 0.15) is 57.1 Å². The van der Waals surface area contributed by atoms with E-state index < -0.39 is 23.7 Å². The Morgan fingerprint density at radius 3 is 2.35 bits per heavy atom. The zero-order valence-electron chi connectivity index (χ0n) is 20.8. The molecule has 0 N–H and O–H groups in total. The molecule has 0 spiro atoms. The molecule has 1 aliphatic heterocycles. The maximum Gasteiger partial charge on any atom is 0.339 e. The van der Waals surface area contributed by atoms with Crippen LogP contribution in [0.25, 0.3) is 11.1 Å². The lowest BCUT2D eigenvalue weighted by molar-refractivity contribution is -0.120. The van der Waals surface area contributed by atoms with Gasteiger partial charge in [-0.15, -0.1) is 0 Å². The maximum absolute atomic E-state index is 13.4. The van der Waals surface area contributed by atoms with Crippen LogP contribution in [0.3, 0.4) is 0 Å². The molecule has 186 valence electrons. The van der Waals surface area contributed by atoms with Crippen molar-refractivity contribution in [3.05, 3.63) is 41.7 Å². The second-order valence-electron chi connectivity index (χ2n) is 8.63. The summed E-state index contributed by atoms with van der Waals surface area (Å²) in [7, 11) is 3.25. The lowest BCUT2D eigenvalue weighted by atomic mass is 9.97. The van der Waals surface area contributed by atoms with Gasteiger partial charge in [0.05, 0.1) is 25.4 Å². The average molecular weight is 478 g/mol. The quantitative estimate of drug-likeness (QED) is 0.567. The number of halogens is 2. The van der Waals surface area contributed by atoms with Crippen molar-refractivity contribution in [1.29, 1.82) is 0 Å². The van der Waals surface area contributed by atoms with Crippen LogP contribution in [0.2, 0.25) is 0 Å². The van der Waals surface area contributed by atoms with Crippen LogP contribution < -0.4 is 9.64 Å². The minimum Gasteiger partial charge on any atom is -0.494 e. The van der Waals surface area contributed by atoms with Crippen LogP contribution in [0, 0.1) is 0 Å². The zero-order valence-corrected chi connectivity index (χ0v) is 20.8. The molecule has 1 saturated heterocycles. The monoisotopic (exact) mass is 477 g/mol. The molecule has 1 aromatic heterocycles. The first-order valence-corrected chi connectivity index (χ1v) is 11.2. The Balaban J connectivity index is 0.00000199. The third-order valence-electron chi connectivity index (χ3n) is 4.97. The van der Waals surface area contributed by atoms with Crippen molar-refractivity contribution in [1.82, 2.24) is 9.88 Å². The summed E-state index contributed by atoms with van der Waals surface area (Å²) in [5.74, 6) is -0.480. The fraction of sp³-hybridized carbons (Fsp3) is 0.480. The number of piperazine rings is 1. The lowest BCUT2D eigenvalue weighted by Gasteiger charge is -2.32. The first kappa shape index (κ1) is 27.2. The van der Waals surface area contributed by atoms with E-state index in [9.17, 15) is 18.4 Å². The van der Waals surface area contributed by atoms with E-state index in [0.29, 0.717) is 24.3 Å². The summed E-state index contributed by atoms with van der Waals surface area (Å²) in [4.78, 5) is 32.8. The Bertz CT molecular complexity index is 1020. The molecule has 0 saturated carbocycles. The van der Waals surface area contributed by atoms with Gasteiger partial charge in [0.1, 0.15) is 17.0 Å². The van der Waals surface area contributed by atoms with Gasteiger partial charge in [0.2, 0.25) is 5.91 Å². The highest BCUT2D eigenvalue weighted by atomic mass is 19.3. The van der Waals surface area contributed by atoms with Crippen molar-refractivity contribution in [2.45, 2.75) is 46.6 Å². The molecule has 34 heavy (non-hydrogen) atoms. The van der Waals surface area contributed by atoms with Gasteiger partial charge in [0.15, 0.2) is 0 Å². The summed E-state index contributed by atoms with van der Waals surface area (Å²) in [6.07, 6.45) is -1.60. The predicted molar refractivity (Wildman–Crippen MR) is 128 cm³/mol. The Labute approximate surface area is 199 Å². The Morgan fingerprint density at radius 2 is 1.79 bits per heavy atom. The van der Waals surface area contributed by atoms with E-state index in [-0.39, 0.29) is 29.3 Å². The lowest BCUT2D eigenvalue weighted by Crippen LogP contribution is -2.48. The van der Waals surface area contributed by atoms with Crippen molar-refractivity contribution < 1.29 is 27.8 Å². The first-order valence-electron chi connectivity index (χ1n) is 11.2. The SMILES string of the molecule is CC.COc1cnc(C(F)F)cc1-c1cc(N2CCN(C)CC2=O)ccc1C(=O)OC(C)(C)C. The molecule has 7 nitrogen and oxygen atoms in total. The van der Waals surface area contributed by atoms with Gasteiger partial charge >= 0.3 is 5.97 Å². The summed E-state index contributed by atoms with van der Waals surface area (Å²) in [5, 5.41) is 0. The van der Waals surface area contributed by atoms with Gasteiger partial charge in [-0.2, -0.15) is 0 Å². The molecule has 0 atom stereocenters. The van der Waals surface area contributed by atoms with Gasteiger partial charge in [-0.1, -0.05) is 13.8 Å². The maximum atomic E-state index is 13.4. The summed E-state index contributed by atoms with van der Waals surface area (Å²) in [6, 6.07) is 6.04. The number of amides is 1. The molecule has 0 radical (unpaired) electrons. The normalized spacial score (nSPS) is 14.5. The van der Waals surface area contributed by atoms with Gasteiger partial charge in [-0.05, 0) is 52.1 Å². The van der Waals surface area contributed by atoms with Crippen molar-refractivity contribution in [2.24, 2.45) is 0 Å². The molecule has 1 fully saturated rings. The number of rotatable bonds is 5. The van der Waals surface area contributed by atoms with Crippen molar-refractivity contribution in [3.8, 4) is 16.9 Å². The van der Waals surface area contributed by atoms with Gasteiger partial charge < -0.3 is 14.4 Å². The van der Waals surface area contributed by atoms with E-state index in [1.54, 1.807) is 43.9 Å². The largest absolute Gasteiger partial charge is 0.494 e. The predicted octanol–water partition coefficient (Wildman–Crippen LogP) is 4.95. The number of aromatic nitrogens is 1. The fourth-order valence-corrected chi connectivity index (χ4v) is 3.45. The topological polar surface area (TPSA) is 72.0 Å². The van der Waals surface area contributed by atoms with Crippen LogP contribution in [0.15, 0.2) is 30.5 Å². The van der Waals surface area contributed by atoms with E-state index in [1.807, 2.05) is 25.8 Å². The minimum absolute atomic E-state index is 0.0929. The number of nitrogens with zero attached hydrogens (tertiary/aromatic N) is 3. The highest BCUT2D eigenvalue weighted by Gasteiger charge is 2.27. The number of pyridine rings is 1. The molecule has 3 rings (SSSR count). The highest BCUT2D eigenvalue weighted by Crippen LogP contribution is 2.37. The Morgan fingerprint density at radius 1 is 1.12 bits per heavy atom. The Kier molecular flexibility index (Phi) is 9.09.